The monoisotopic (exact) mass is 311 g/mol. The second-order valence-electron chi connectivity index (χ2n) is 5.33. The highest BCUT2D eigenvalue weighted by molar-refractivity contribution is 9.10. The van der Waals surface area contributed by atoms with E-state index in [1.54, 1.807) is 0 Å². The quantitative estimate of drug-likeness (QED) is 0.910. The highest BCUT2D eigenvalue weighted by atomic mass is 79.9. The van der Waals surface area contributed by atoms with Gasteiger partial charge in [-0.1, -0.05) is 25.3 Å². The Bertz CT molecular complexity index is 388. The van der Waals surface area contributed by atoms with Gasteiger partial charge in [-0.05, 0) is 52.4 Å². The third kappa shape index (κ3) is 3.48. The number of rotatable bonds is 4. The zero-order valence-corrected chi connectivity index (χ0v) is 12.6. The third-order valence-electron chi connectivity index (χ3n) is 3.86. The van der Waals surface area contributed by atoms with Crippen molar-refractivity contribution in [3.05, 3.63) is 28.2 Å². The van der Waals surface area contributed by atoms with E-state index in [1.807, 2.05) is 12.1 Å². The van der Waals surface area contributed by atoms with Gasteiger partial charge in [-0.2, -0.15) is 0 Å². The SMILES string of the molecule is CN(CC1CCCCC1)c1ccc(CO)cc1Br. The van der Waals surface area contributed by atoms with Gasteiger partial charge in [0, 0.05) is 18.1 Å². The Morgan fingerprint density at radius 2 is 2.00 bits per heavy atom. The van der Waals surface area contributed by atoms with Gasteiger partial charge in [-0.15, -0.1) is 0 Å². The fraction of sp³-hybridized carbons (Fsp3) is 0.600. The van der Waals surface area contributed by atoms with Crippen molar-refractivity contribution < 1.29 is 5.11 Å². The van der Waals surface area contributed by atoms with Gasteiger partial charge in [-0.3, -0.25) is 0 Å². The van der Waals surface area contributed by atoms with Crippen molar-refractivity contribution in [3.63, 3.8) is 0 Å². The minimum absolute atomic E-state index is 0.102. The Morgan fingerprint density at radius 3 is 2.61 bits per heavy atom. The van der Waals surface area contributed by atoms with Gasteiger partial charge in [0.05, 0.1) is 12.3 Å². The smallest absolute Gasteiger partial charge is 0.0682 e. The van der Waals surface area contributed by atoms with Crippen molar-refractivity contribution in [2.75, 3.05) is 18.5 Å². The van der Waals surface area contributed by atoms with E-state index < -0.39 is 0 Å². The summed E-state index contributed by atoms with van der Waals surface area (Å²) >= 11 is 3.60. The summed E-state index contributed by atoms with van der Waals surface area (Å²) in [4.78, 5) is 2.33. The summed E-state index contributed by atoms with van der Waals surface area (Å²) in [6.45, 7) is 1.24. The minimum Gasteiger partial charge on any atom is -0.392 e. The average Bonchev–Trinajstić information content (AvgIpc) is 2.39. The van der Waals surface area contributed by atoms with Crippen LogP contribution in [0.15, 0.2) is 22.7 Å². The number of halogens is 1. The number of anilines is 1. The van der Waals surface area contributed by atoms with E-state index in [0.717, 1.165) is 22.5 Å². The molecule has 18 heavy (non-hydrogen) atoms. The number of aliphatic hydroxyl groups is 1. The van der Waals surface area contributed by atoms with E-state index in [0.29, 0.717) is 0 Å². The summed E-state index contributed by atoms with van der Waals surface area (Å²) < 4.78 is 1.08. The number of hydrogen-bond acceptors (Lipinski definition) is 2. The molecule has 0 unspecified atom stereocenters. The number of aliphatic hydroxyl groups excluding tert-OH is 1. The van der Waals surface area contributed by atoms with Crippen molar-refractivity contribution in [2.45, 2.75) is 38.7 Å². The molecule has 2 nitrogen and oxygen atoms in total. The lowest BCUT2D eigenvalue weighted by atomic mass is 9.89. The van der Waals surface area contributed by atoms with Crippen molar-refractivity contribution in [1.82, 2.24) is 0 Å². The van der Waals surface area contributed by atoms with E-state index in [1.165, 1.54) is 37.8 Å². The summed E-state index contributed by atoms with van der Waals surface area (Å²) in [7, 11) is 2.16. The van der Waals surface area contributed by atoms with Crippen molar-refractivity contribution in [2.24, 2.45) is 5.92 Å². The van der Waals surface area contributed by atoms with Crippen LogP contribution in [0, 0.1) is 5.92 Å². The molecule has 0 atom stereocenters. The van der Waals surface area contributed by atoms with Gasteiger partial charge in [0.1, 0.15) is 0 Å². The van der Waals surface area contributed by atoms with Gasteiger partial charge in [-0.25, -0.2) is 0 Å². The molecule has 3 heteroatoms. The highest BCUT2D eigenvalue weighted by Crippen LogP contribution is 2.30. The maximum Gasteiger partial charge on any atom is 0.0682 e. The minimum atomic E-state index is 0.102. The first-order valence-corrected chi connectivity index (χ1v) is 7.60. The Balaban J connectivity index is 2.01. The van der Waals surface area contributed by atoms with Crippen molar-refractivity contribution >= 4 is 21.6 Å². The number of nitrogens with zero attached hydrogens (tertiary/aromatic N) is 1. The van der Waals surface area contributed by atoms with Crippen LogP contribution in [0.3, 0.4) is 0 Å². The van der Waals surface area contributed by atoms with E-state index in [-0.39, 0.29) is 6.61 Å². The van der Waals surface area contributed by atoms with Crippen LogP contribution in [0.25, 0.3) is 0 Å². The maximum atomic E-state index is 9.12. The zero-order chi connectivity index (χ0) is 13.0. The molecule has 0 aliphatic heterocycles. The summed E-state index contributed by atoms with van der Waals surface area (Å²) in [5.74, 6) is 0.841. The van der Waals surface area contributed by atoms with Gasteiger partial charge in [0.25, 0.3) is 0 Å². The van der Waals surface area contributed by atoms with Crippen LogP contribution < -0.4 is 4.90 Å². The average molecular weight is 312 g/mol. The molecule has 0 saturated heterocycles. The highest BCUT2D eigenvalue weighted by Gasteiger charge is 2.16. The lowest BCUT2D eigenvalue weighted by Gasteiger charge is -2.29. The fourth-order valence-electron chi connectivity index (χ4n) is 2.81. The maximum absolute atomic E-state index is 9.12. The predicted octanol–water partition coefficient (Wildman–Crippen LogP) is 3.96. The third-order valence-corrected chi connectivity index (χ3v) is 4.50. The van der Waals surface area contributed by atoms with E-state index in [2.05, 4.69) is 33.9 Å². The Hall–Kier alpha value is -0.540. The molecule has 100 valence electrons. The second-order valence-corrected chi connectivity index (χ2v) is 6.18. The molecule has 1 aromatic carbocycles. The lowest BCUT2D eigenvalue weighted by molar-refractivity contribution is 0.282. The largest absolute Gasteiger partial charge is 0.392 e. The van der Waals surface area contributed by atoms with Crippen LogP contribution in [-0.2, 0) is 6.61 Å². The van der Waals surface area contributed by atoms with Gasteiger partial charge >= 0.3 is 0 Å². The van der Waals surface area contributed by atoms with Crippen LogP contribution in [0.2, 0.25) is 0 Å². The first-order chi connectivity index (χ1) is 8.70. The molecule has 1 aliphatic carbocycles. The molecule has 1 fully saturated rings. The van der Waals surface area contributed by atoms with Gasteiger partial charge < -0.3 is 10.0 Å². The van der Waals surface area contributed by atoms with Crippen LogP contribution in [0.1, 0.15) is 37.7 Å². The molecule has 1 N–H and O–H groups in total. The molecule has 1 saturated carbocycles. The summed E-state index contributed by atoms with van der Waals surface area (Å²) in [6, 6.07) is 6.10. The van der Waals surface area contributed by atoms with Crippen molar-refractivity contribution in [3.8, 4) is 0 Å². The molecular weight excluding hydrogens is 290 g/mol. The van der Waals surface area contributed by atoms with Crippen molar-refractivity contribution in [1.29, 1.82) is 0 Å². The number of hydrogen-bond donors (Lipinski definition) is 1. The van der Waals surface area contributed by atoms with Crippen LogP contribution in [-0.4, -0.2) is 18.7 Å². The molecule has 1 aromatic rings. The van der Waals surface area contributed by atoms with Gasteiger partial charge in [0.2, 0.25) is 0 Å². The first-order valence-electron chi connectivity index (χ1n) is 6.81. The van der Waals surface area contributed by atoms with E-state index in [4.69, 9.17) is 5.11 Å². The molecule has 1 aliphatic rings. The summed E-state index contributed by atoms with van der Waals surface area (Å²) in [5.41, 5.74) is 2.18. The Morgan fingerprint density at radius 1 is 1.28 bits per heavy atom. The molecular formula is C15H22BrNO. The molecule has 0 aromatic heterocycles. The molecule has 0 radical (unpaired) electrons. The molecule has 2 rings (SSSR count). The summed E-state index contributed by atoms with van der Waals surface area (Å²) in [5, 5.41) is 9.12. The Kier molecular flexibility index (Phi) is 5.07. The molecule has 0 bridgehead atoms. The van der Waals surface area contributed by atoms with Crippen LogP contribution in [0.5, 0.6) is 0 Å². The molecule has 0 amide bonds. The van der Waals surface area contributed by atoms with Crippen LogP contribution in [0.4, 0.5) is 5.69 Å². The fourth-order valence-corrected chi connectivity index (χ4v) is 3.54. The topological polar surface area (TPSA) is 23.5 Å². The number of benzene rings is 1. The standard InChI is InChI=1S/C15H22BrNO/c1-17(10-12-5-3-2-4-6-12)15-8-7-13(11-18)9-14(15)16/h7-9,12,18H,2-6,10-11H2,1H3. The lowest BCUT2D eigenvalue weighted by Crippen LogP contribution is -2.27. The molecule has 0 spiro atoms. The second kappa shape index (κ2) is 6.58. The normalized spacial score (nSPS) is 16.8. The van der Waals surface area contributed by atoms with E-state index >= 15 is 0 Å². The molecule has 0 heterocycles. The van der Waals surface area contributed by atoms with Gasteiger partial charge in [0.15, 0.2) is 0 Å². The predicted molar refractivity (Wildman–Crippen MR) is 79.9 cm³/mol. The zero-order valence-electron chi connectivity index (χ0n) is 11.0. The van der Waals surface area contributed by atoms with Crippen LogP contribution >= 0.6 is 15.9 Å². The van der Waals surface area contributed by atoms with E-state index in [9.17, 15) is 0 Å². The summed E-state index contributed by atoms with van der Waals surface area (Å²) in [6.07, 6.45) is 6.94. The Labute approximate surface area is 118 Å². The first kappa shape index (κ1) is 13.9.